The maximum Gasteiger partial charge on any atom is 0.271 e. The van der Waals surface area contributed by atoms with Crippen LogP contribution in [0.3, 0.4) is 0 Å². The van der Waals surface area contributed by atoms with Crippen LogP contribution in [0.15, 0.2) is 49.4 Å². The van der Waals surface area contributed by atoms with Crippen LogP contribution in [0, 0.1) is 18.8 Å². The molecule has 144 valence electrons. The van der Waals surface area contributed by atoms with E-state index in [9.17, 15) is 9.90 Å². The summed E-state index contributed by atoms with van der Waals surface area (Å²) < 4.78 is 0. The number of aryl methyl sites for hydroxylation is 1. The van der Waals surface area contributed by atoms with Crippen molar-refractivity contribution in [3.05, 3.63) is 60.6 Å². The third-order valence-electron chi connectivity index (χ3n) is 4.94. The predicted molar refractivity (Wildman–Crippen MR) is 110 cm³/mol. The summed E-state index contributed by atoms with van der Waals surface area (Å²) in [6.07, 6.45) is 5.07. The van der Waals surface area contributed by atoms with E-state index >= 15 is 0 Å². The van der Waals surface area contributed by atoms with Gasteiger partial charge in [-0.2, -0.15) is 0 Å². The molecule has 1 amide bonds. The lowest BCUT2D eigenvalue weighted by atomic mass is 10.0. The highest BCUT2D eigenvalue weighted by Crippen LogP contribution is 2.25. The summed E-state index contributed by atoms with van der Waals surface area (Å²) >= 11 is 0. The van der Waals surface area contributed by atoms with Crippen molar-refractivity contribution < 1.29 is 9.90 Å². The van der Waals surface area contributed by atoms with Crippen LogP contribution in [0.25, 0.3) is 22.3 Å². The number of nitrogens with two attached hydrogens (primary N) is 1. The molecule has 2 aromatic heterocycles. The molecule has 1 atom stereocenters. The molecule has 7 nitrogen and oxygen atoms in total. The standard InChI is InChI=1S/C22H19N5O2/c1-3-27-10-9-22(29,21(27)28)8-7-15-5-4-6-16(11-15)20-25-13-17-14(2)12-24-19(23)18(17)26-20/h3-6,11-13,29H,1,9-10H2,2H3,(H2,23,24)/t22-/m0/s1. The molecule has 7 heteroatoms. The highest BCUT2D eigenvalue weighted by molar-refractivity contribution is 5.91. The zero-order chi connectivity index (χ0) is 20.6. The number of nitrogens with zero attached hydrogens (tertiary/aromatic N) is 4. The molecule has 0 spiro atoms. The summed E-state index contributed by atoms with van der Waals surface area (Å²) in [6.45, 7) is 5.90. The molecule has 3 aromatic rings. The van der Waals surface area contributed by atoms with Crippen LogP contribution in [-0.2, 0) is 4.79 Å². The number of likely N-dealkylation sites (tertiary alicyclic amines) is 1. The Morgan fingerprint density at radius 1 is 1.34 bits per heavy atom. The molecule has 1 saturated heterocycles. The third kappa shape index (κ3) is 3.30. The molecule has 1 aliphatic heterocycles. The quantitative estimate of drug-likeness (QED) is 0.654. The Hall–Kier alpha value is -3.76. The smallest absolute Gasteiger partial charge is 0.271 e. The number of carbonyl (C=O) groups is 1. The van der Waals surface area contributed by atoms with E-state index in [1.54, 1.807) is 18.5 Å². The Bertz CT molecular complexity index is 1210. The Balaban J connectivity index is 1.69. The topological polar surface area (TPSA) is 105 Å². The van der Waals surface area contributed by atoms with E-state index < -0.39 is 11.5 Å². The Kier molecular flexibility index (Phi) is 4.49. The second-order valence-electron chi connectivity index (χ2n) is 6.90. The average Bonchev–Trinajstić information content (AvgIpc) is 3.03. The summed E-state index contributed by atoms with van der Waals surface area (Å²) in [5, 5.41) is 11.4. The van der Waals surface area contributed by atoms with Gasteiger partial charge in [-0.05, 0) is 30.8 Å². The zero-order valence-corrected chi connectivity index (χ0v) is 15.9. The van der Waals surface area contributed by atoms with Gasteiger partial charge in [0.2, 0.25) is 5.60 Å². The number of rotatable bonds is 2. The second-order valence-corrected chi connectivity index (χ2v) is 6.90. The minimum atomic E-state index is -1.69. The van der Waals surface area contributed by atoms with E-state index in [2.05, 4.69) is 33.4 Å². The summed E-state index contributed by atoms with van der Waals surface area (Å²) in [5.74, 6) is 5.99. The summed E-state index contributed by atoms with van der Waals surface area (Å²) in [7, 11) is 0. The lowest BCUT2D eigenvalue weighted by molar-refractivity contribution is -0.136. The molecular weight excluding hydrogens is 366 g/mol. The van der Waals surface area contributed by atoms with Gasteiger partial charge in [0.25, 0.3) is 5.91 Å². The van der Waals surface area contributed by atoms with E-state index in [0.29, 0.717) is 29.3 Å². The van der Waals surface area contributed by atoms with Gasteiger partial charge in [-0.15, -0.1) is 0 Å². The van der Waals surface area contributed by atoms with Crippen LogP contribution in [0.1, 0.15) is 17.5 Å². The van der Waals surface area contributed by atoms with Crippen LogP contribution in [0.2, 0.25) is 0 Å². The van der Waals surface area contributed by atoms with Crippen LogP contribution in [0.4, 0.5) is 5.82 Å². The maximum atomic E-state index is 12.2. The Morgan fingerprint density at radius 2 is 2.17 bits per heavy atom. The third-order valence-corrected chi connectivity index (χ3v) is 4.94. The molecule has 0 radical (unpaired) electrons. The lowest BCUT2D eigenvalue weighted by Gasteiger charge is -2.13. The van der Waals surface area contributed by atoms with E-state index in [1.807, 2.05) is 25.1 Å². The minimum absolute atomic E-state index is 0.240. The molecule has 3 heterocycles. The monoisotopic (exact) mass is 385 g/mol. The summed E-state index contributed by atoms with van der Waals surface area (Å²) in [5.41, 5.74) is 7.21. The summed E-state index contributed by atoms with van der Waals surface area (Å²) in [4.78, 5) is 26.7. The molecule has 1 fully saturated rings. The minimum Gasteiger partial charge on any atom is -0.382 e. The molecule has 1 aromatic carbocycles. The van der Waals surface area contributed by atoms with Gasteiger partial charge in [0.05, 0.1) is 0 Å². The first-order valence-electron chi connectivity index (χ1n) is 9.09. The van der Waals surface area contributed by atoms with Crippen molar-refractivity contribution in [1.29, 1.82) is 0 Å². The maximum absolute atomic E-state index is 12.2. The van der Waals surface area contributed by atoms with E-state index in [0.717, 1.165) is 16.5 Å². The number of carbonyl (C=O) groups excluding carboxylic acids is 1. The summed E-state index contributed by atoms with van der Waals surface area (Å²) in [6, 6.07) is 7.29. The Labute approximate surface area is 167 Å². The van der Waals surface area contributed by atoms with Crippen molar-refractivity contribution in [3.63, 3.8) is 0 Å². The second kappa shape index (κ2) is 7.00. The van der Waals surface area contributed by atoms with Gasteiger partial charge in [0, 0.05) is 41.9 Å². The van der Waals surface area contributed by atoms with Crippen molar-refractivity contribution in [2.75, 3.05) is 12.3 Å². The van der Waals surface area contributed by atoms with Crippen molar-refractivity contribution in [1.82, 2.24) is 19.9 Å². The van der Waals surface area contributed by atoms with Gasteiger partial charge in [-0.3, -0.25) is 4.79 Å². The number of amides is 1. The lowest BCUT2D eigenvalue weighted by Crippen LogP contribution is -2.36. The average molecular weight is 385 g/mol. The molecule has 1 aliphatic rings. The number of pyridine rings is 1. The van der Waals surface area contributed by atoms with Crippen LogP contribution in [-0.4, -0.2) is 43.0 Å². The van der Waals surface area contributed by atoms with Crippen LogP contribution < -0.4 is 5.73 Å². The Morgan fingerprint density at radius 3 is 2.93 bits per heavy atom. The number of nitrogen functional groups attached to an aromatic ring is 1. The van der Waals surface area contributed by atoms with Gasteiger partial charge in [-0.25, -0.2) is 15.0 Å². The first-order valence-corrected chi connectivity index (χ1v) is 9.09. The van der Waals surface area contributed by atoms with Gasteiger partial charge >= 0.3 is 0 Å². The van der Waals surface area contributed by atoms with Crippen molar-refractivity contribution >= 4 is 22.6 Å². The number of hydrogen-bond acceptors (Lipinski definition) is 6. The largest absolute Gasteiger partial charge is 0.382 e. The van der Waals surface area contributed by atoms with Crippen LogP contribution in [0.5, 0.6) is 0 Å². The highest BCUT2D eigenvalue weighted by atomic mass is 16.3. The fourth-order valence-corrected chi connectivity index (χ4v) is 3.23. The fourth-order valence-electron chi connectivity index (χ4n) is 3.23. The van der Waals surface area contributed by atoms with E-state index in [-0.39, 0.29) is 6.42 Å². The number of aromatic nitrogens is 3. The highest BCUT2D eigenvalue weighted by Gasteiger charge is 2.43. The number of anilines is 1. The zero-order valence-electron chi connectivity index (χ0n) is 15.9. The molecule has 0 bridgehead atoms. The van der Waals surface area contributed by atoms with Gasteiger partial charge in [0.15, 0.2) is 5.82 Å². The first-order chi connectivity index (χ1) is 13.9. The van der Waals surface area contributed by atoms with Crippen molar-refractivity contribution in [2.24, 2.45) is 0 Å². The number of benzene rings is 1. The normalized spacial score (nSPS) is 18.6. The molecule has 4 rings (SSSR count). The van der Waals surface area contributed by atoms with Gasteiger partial charge in [0.1, 0.15) is 11.3 Å². The number of aliphatic hydroxyl groups is 1. The van der Waals surface area contributed by atoms with Crippen molar-refractivity contribution in [2.45, 2.75) is 18.9 Å². The molecule has 0 aliphatic carbocycles. The van der Waals surface area contributed by atoms with Crippen LogP contribution >= 0.6 is 0 Å². The van der Waals surface area contributed by atoms with Gasteiger partial charge < -0.3 is 15.7 Å². The number of fused-ring (bicyclic) bond motifs is 1. The van der Waals surface area contributed by atoms with Gasteiger partial charge in [-0.1, -0.05) is 30.6 Å². The van der Waals surface area contributed by atoms with E-state index in [1.165, 1.54) is 11.1 Å². The molecule has 0 unspecified atom stereocenters. The fraction of sp³-hybridized carbons (Fsp3) is 0.182. The SMILES string of the molecule is C=CN1CC[C@@](O)(C#Cc2cccc(-c3ncc4c(C)cnc(N)c4n3)c2)C1=O. The van der Waals surface area contributed by atoms with E-state index in [4.69, 9.17) is 5.73 Å². The molecule has 29 heavy (non-hydrogen) atoms. The van der Waals surface area contributed by atoms with Crippen molar-refractivity contribution in [3.8, 4) is 23.2 Å². The molecule has 3 N–H and O–H groups in total. The molecule has 0 saturated carbocycles. The molecular formula is C22H19N5O2. The predicted octanol–water partition coefficient (Wildman–Crippen LogP) is 2.04. The number of hydrogen-bond donors (Lipinski definition) is 2. The first kappa shape index (κ1) is 18.6.